The lowest BCUT2D eigenvalue weighted by Crippen LogP contribution is -2.12. The van der Waals surface area contributed by atoms with Gasteiger partial charge in [-0.3, -0.25) is 0 Å². The van der Waals surface area contributed by atoms with Crippen LogP contribution < -0.4 is 15.4 Å². The zero-order valence-corrected chi connectivity index (χ0v) is 13.8. The van der Waals surface area contributed by atoms with Crippen LogP contribution in [0.2, 0.25) is 0 Å². The van der Waals surface area contributed by atoms with Crippen LogP contribution in [0.15, 0.2) is 28.7 Å². The maximum atomic E-state index is 5.56. The Labute approximate surface area is 132 Å². The lowest BCUT2D eigenvalue weighted by atomic mass is 10.3. The molecular weight excluding hydrogens is 334 g/mol. The summed E-state index contributed by atoms with van der Waals surface area (Å²) in [5, 5.41) is 6.22. The van der Waals surface area contributed by atoms with Crippen molar-refractivity contribution in [3.8, 4) is 6.01 Å². The predicted molar refractivity (Wildman–Crippen MR) is 87.2 cm³/mol. The lowest BCUT2D eigenvalue weighted by molar-refractivity contribution is 0.222. The zero-order chi connectivity index (χ0) is 15.2. The number of ether oxygens (including phenoxy) is 1. The average Bonchev–Trinajstić information content (AvgIpc) is 2.41. The fourth-order valence-corrected chi connectivity index (χ4v) is 1.98. The molecule has 7 heteroatoms. The summed E-state index contributed by atoms with van der Waals surface area (Å²) in [4.78, 5) is 12.8. The molecule has 0 spiro atoms. The van der Waals surface area contributed by atoms with E-state index in [4.69, 9.17) is 4.74 Å². The van der Waals surface area contributed by atoms with E-state index in [1.54, 1.807) is 0 Å². The Balaban J connectivity index is 2.29. The largest absolute Gasteiger partial charge is 0.461 e. The number of benzene rings is 1. The average molecular weight is 352 g/mol. The van der Waals surface area contributed by atoms with Gasteiger partial charge in [-0.2, -0.15) is 15.0 Å². The molecule has 1 heterocycles. The summed E-state index contributed by atoms with van der Waals surface area (Å²) >= 11 is 3.48. The summed E-state index contributed by atoms with van der Waals surface area (Å²) < 4.78 is 6.49. The topological polar surface area (TPSA) is 72.0 Å². The first-order chi connectivity index (χ1) is 10.1. The molecule has 0 saturated carbocycles. The second-order valence-electron chi connectivity index (χ2n) is 4.57. The van der Waals surface area contributed by atoms with E-state index in [-0.39, 0.29) is 6.10 Å². The van der Waals surface area contributed by atoms with Crippen molar-refractivity contribution >= 4 is 33.5 Å². The van der Waals surface area contributed by atoms with Crippen molar-refractivity contribution in [2.24, 2.45) is 0 Å². The van der Waals surface area contributed by atoms with E-state index in [1.165, 1.54) is 0 Å². The van der Waals surface area contributed by atoms with Gasteiger partial charge in [-0.15, -0.1) is 0 Å². The standard InChI is InChI=1S/C14H18BrN5O/c1-4-16-12-18-13(20-14(19-12)21-9(2)3)17-11-8-6-5-7-10(11)15/h5-9H,4H2,1-3H3,(H2,16,17,18,19,20). The van der Waals surface area contributed by atoms with Gasteiger partial charge in [-0.05, 0) is 48.8 Å². The fraction of sp³-hybridized carbons (Fsp3) is 0.357. The van der Waals surface area contributed by atoms with E-state index < -0.39 is 0 Å². The van der Waals surface area contributed by atoms with Crippen molar-refractivity contribution in [3.63, 3.8) is 0 Å². The molecule has 0 fully saturated rings. The number of hydrogen-bond acceptors (Lipinski definition) is 6. The highest BCUT2D eigenvalue weighted by Gasteiger charge is 2.10. The van der Waals surface area contributed by atoms with Crippen molar-refractivity contribution in [1.29, 1.82) is 0 Å². The Kier molecular flexibility index (Phi) is 5.32. The highest BCUT2D eigenvalue weighted by atomic mass is 79.9. The molecular formula is C14H18BrN5O. The van der Waals surface area contributed by atoms with Crippen LogP contribution in [0.4, 0.5) is 17.6 Å². The second kappa shape index (κ2) is 7.21. The molecule has 2 aromatic rings. The van der Waals surface area contributed by atoms with Gasteiger partial charge < -0.3 is 15.4 Å². The van der Waals surface area contributed by atoms with Gasteiger partial charge in [-0.25, -0.2) is 0 Å². The van der Waals surface area contributed by atoms with Crippen molar-refractivity contribution in [2.45, 2.75) is 26.9 Å². The lowest BCUT2D eigenvalue weighted by Gasteiger charge is -2.12. The number of hydrogen-bond donors (Lipinski definition) is 2. The van der Waals surface area contributed by atoms with E-state index >= 15 is 0 Å². The molecule has 0 atom stereocenters. The summed E-state index contributed by atoms with van der Waals surface area (Å²) in [5.41, 5.74) is 0.877. The van der Waals surface area contributed by atoms with Crippen molar-refractivity contribution in [2.75, 3.05) is 17.2 Å². The highest BCUT2D eigenvalue weighted by molar-refractivity contribution is 9.10. The van der Waals surface area contributed by atoms with Gasteiger partial charge in [0.15, 0.2) is 0 Å². The number of rotatable bonds is 6. The summed E-state index contributed by atoms with van der Waals surface area (Å²) in [5.74, 6) is 0.918. The Hall–Kier alpha value is -1.89. The van der Waals surface area contributed by atoms with Gasteiger partial charge >= 0.3 is 6.01 Å². The van der Waals surface area contributed by atoms with Crippen LogP contribution in [0, 0.1) is 0 Å². The Morgan fingerprint density at radius 2 is 1.86 bits per heavy atom. The Bertz CT molecular complexity index is 606. The number of nitrogens with zero attached hydrogens (tertiary/aromatic N) is 3. The molecule has 0 aliphatic carbocycles. The number of para-hydroxylation sites is 1. The Morgan fingerprint density at radius 1 is 1.14 bits per heavy atom. The fourth-order valence-electron chi connectivity index (χ4n) is 1.60. The van der Waals surface area contributed by atoms with Crippen LogP contribution in [-0.4, -0.2) is 27.6 Å². The van der Waals surface area contributed by atoms with Crippen LogP contribution in [0.5, 0.6) is 6.01 Å². The number of aromatic nitrogens is 3. The van der Waals surface area contributed by atoms with Gasteiger partial charge in [0, 0.05) is 11.0 Å². The molecule has 0 amide bonds. The first-order valence-corrected chi connectivity index (χ1v) is 7.56. The quantitative estimate of drug-likeness (QED) is 0.828. The van der Waals surface area contributed by atoms with Crippen molar-refractivity contribution in [1.82, 2.24) is 15.0 Å². The summed E-state index contributed by atoms with van der Waals surface area (Å²) in [6.07, 6.45) is -0.00168. The Morgan fingerprint density at radius 3 is 2.52 bits per heavy atom. The third-order valence-electron chi connectivity index (χ3n) is 2.41. The van der Waals surface area contributed by atoms with Gasteiger partial charge in [0.05, 0.1) is 11.8 Å². The van der Waals surface area contributed by atoms with Crippen LogP contribution >= 0.6 is 15.9 Å². The van der Waals surface area contributed by atoms with Crippen LogP contribution in [0.25, 0.3) is 0 Å². The molecule has 1 aromatic carbocycles. The maximum Gasteiger partial charge on any atom is 0.323 e. The van der Waals surface area contributed by atoms with Gasteiger partial charge in [-0.1, -0.05) is 12.1 Å². The van der Waals surface area contributed by atoms with E-state index in [2.05, 4.69) is 41.5 Å². The van der Waals surface area contributed by atoms with E-state index in [0.29, 0.717) is 17.9 Å². The molecule has 0 aliphatic heterocycles. The molecule has 0 radical (unpaired) electrons. The molecule has 0 aliphatic rings. The molecule has 21 heavy (non-hydrogen) atoms. The number of anilines is 3. The SMILES string of the molecule is CCNc1nc(Nc2ccccc2Br)nc(OC(C)C)n1. The van der Waals surface area contributed by atoms with Crippen LogP contribution in [-0.2, 0) is 0 Å². The normalized spacial score (nSPS) is 10.5. The third kappa shape index (κ3) is 4.56. The van der Waals surface area contributed by atoms with E-state index in [1.807, 2.05) is 45.0 Å². The third-order valence-corrected chi connectivity index (χ3v) is 3.10. The molecule has 0 saturated heterocycles. The van der Waals surface area contributed by atoms with Gasteiger partial charge in [0.1, 0.15) is 0 Å². The first-order valence-electron chi connectivity index (χ1n) is 6.76. The number of halogens is 1. The molecule has 112 valence electrons. The summed E-state index contributed by atoms with van der Waals surface area (Å²) in [6, 6.07) is 8.06. The van der Waals surface area contributed by atoms with Gasteiger partial charge in [0.25, 0.3) is 0 Å². The smallest absolute Gasteiger partial charge is 0.323 e. The van der Waals surface area contributed by atoms with Crippen LogP contribution in [0.1, 0.15) is 20.8 Å². The molecule has 0 unspecified atom stereocenters. The molecule has 2 rings (SSSR count). The highest BCUT2D eigenvalue weighted by Crippen LogP contribution is 2.24. The second-order valence-corrected chi connectivity index (χ2v) is 5.42. The minimum absolute atomic E-state index is 0.00168. The number of nitrogens with one attached hydrogen (secondary N) is 2. The predicted octanol–water partition coefficient (Wildman–Crippen LogP) is 3.60. The zero-order valence-electron chi connectivity index (χ0n) is 12.2. The molecule has 6 nitrogen and oxygen atoms in total. The summed E-state index contributed by atoms with van der Waals surface area (Å²) in [7, 11) is 0. The van der Waals surface area contributed by atoms with Crippen molar-refractivity contribution < 1.29 is 4.74 Å². The first kappa shape index (κ1) is 15.5. The minimum atomic E-state index is -0.00168. The minimum Gasteiger partial charge on any atom is -0.461 e. The maximum absolute atomic E-state index is 5.56. The molecule has 2 N–H and O–H groups in total. The monoisotopic (exact) mass is 351 g/mol. The van der Waals surface area contributed by atoms with Gasteiger partial charge in [0.2, 0.25) is 11.9 Å². The van der Waals surface area contributed by atoms with Crippen LogP contribution in [0.3, 0.4) is 0 Å². The van der Waals surface area contributed by atoms with E-state index in [0.717, 1.165) is 16.7 Å². The molecule has 0 bridgehead atoms. The van der Waals surface area contributed by atoms with E-state index in [9.17, 15) is 0 Å². The van der Waals surface area contributed by atoms with Crippen molar-refractivity contribution in [3.05, 3.63) is 28.7 Å². The summed E-state index contributed by atoms with van der Waals surface area (Å²) in [6.45, 7) is 6.56. The molecule has 1 aromatic heterocycles.